The number of carboxylic acids is 2. The van der Waals surface area contributed by atoms with Crippen molar-refractivity contribution < 1.29 is 64.1 Å². The number of aliphatic carboxylic acids is 2. The van der Waals surface area contributed by atoms with E-state index in [1.807, 2.05) is 41.5 Å². The second-order valence-corrected chi connectivity index (χ2v) is 16.3. The van der Waals surface area contributed by atoms with Gasteiger partial charge in [0, 0.05) is 65.4 Å². The molecule has 2 rings (SSSR count). The molecule has 20 heteroatoms. The van der Waals surface area contributed by atoms with Gasteiger partial charge < -0.3 is 29.5 Å². The van der Waals surface area contributed by atoms with Crippen molar-refractivity contribution in [1.29, 1.82) is 0 Å². The van der Waals surface area contributed by atoms with E-state index in [-0.39, 0.29) is 25.4 Å². The lowest BCUT2D eigenvalue weighted by molar-refractivity contribution is -0.159. The minimum atomic E-state index is -3.35. The first kappa shape index (κ1) is 45.2. The summed E-state index contributed by atoms with van der Waals surface area (Å²) < 4.78 is 63.3. The Labute approximate surface area is 284 Å². The van der Waals surface area contributed by atoms with Crippen LogP contribution in [0.4, 0.5) is 9.59 Å². The Bertz CT molecular complexity index is 1140. The molecule has 2 aliphatic rings. The number of carbonyl (C=O) groups is 4. The lowest BCUT2D eigenvalue weighted by Gasteiger charge is -2.35. The molecule has 2 N–H and O–H groups in total. The molecule has 0 aromatic carbocycles. The van der Waals surface area contributed by atoms with E-state index < -0.39 is 43.4 Å². The Morgan fingerprint density at radius 2 is 0.833 bits per heavy atom. The van der Waals surface area contributed by atoms with E-state index in [0.29, 0.717) is 39.0 Å². The zero-order valence-corrected chi connectivity index (χ0v) is 30.9. The predicted molar refractivity (Wildman–Crippen MR) is 175 cm³/mol. The number of hydrogen-bond donors (Lipinski definition) is 2. The average Bonchev–Trinajstić information content (AvgIpc) is 2.92. The van der Waals surface area contributed by atoms with Crippen LogP contribution >= 0.6 is 0 Å². The number of carboxylic acid groups (broad SMARTS) is 2. The lowest BCUT2D eigenvalue weighted by Crippen LogP contribution is -2.50. The summed E-state index contributed by atoms with van der Waals surface area (Å²) in [6.07, 6.45) is 2.85. The summed E-state index contributed by atoms with van der Waals surface area (Å²) in [5.41, 5.74) is -0.950. The van der Waals surface area contributed by atoms with Crippen LogP contribution in [0.2, 0.25) is 0 Å². The largest absolute Gasteiger partial charge is 0.473 e. The standard InChI is InChI=1S/2C13H26N2O5S.C2H2O4/c2*1-13(2,3)20-12(16)15-9-7-14(8-10-15)6-5-11-19-21(4,17)18;3-1(4)2(5)6/h2*5-11H2,1-4H3;(H,3,4)(H,5,6). The average molecular weight is 735 g/mol. The van der Waals surface area contributed by atoms with Crippen molar-refractivity contribution in [2.24, 2.45) is 0 Å². The van der Waals surface area contributed by atoms with E-state index in [0.717, 1.165) is 51.8 Å². The highest BCUT2D eigenvalue weighted by molar-refractivity contribution is 7.86. The van der Waals surface area contributed by atoms with Crippen molar-refractivity contribution in [3.05, 3.63) is 0 Å². The van der Waals surface area contributed by atoms with Gasteiger partial charge in [0.05, 0.1) is 25.7 Å². The first-order valence-corrected chi connectivity index (χ1v) is 19.0. The van der Waals surface area contributed by atoms with Gasteiger partial charge in [0.25, 0.3) is 20.2 Å². The molecule has 2 amide bonds. The number of ether oxygens (including phenoxy) is 2. The van der Waals surface area contributed by atoms with Gasteiger partial charge in [0.2, 0.25) is 0 Å². The number of nitrogens with zero attached hydrogens (tertiary/aromatic N) is 4. The molecule has 0 radical (unpaired) electrons. The third kappa shape index (κ3) is 25.3. The fourth-order valence-corrected chi connectivity index (χ4v) is 4.80. The van der Waals surface area contributed by atoms with Crippen LogP contribution in [0.1, 0.15) is 54.4 Å². The predicted octanol–water partition coefficient (Wildman–Crippen LogP) is 0.966. The first-order valence-electron chi connectivity index (χ1n) is 15.3. The molecule has 48 heavy (non-hydrogen) atoms. The molecule has 0 atom stereocenters. The van der Waals surface area contributed by atoms with Crippen LogP contribution in [0.5, 0.6) is 0 Å². The van der Waals surface area contributed by atoms with E-state index in [9.17, 15) is 26.4 Å². The highest BCUT2D eigenvalue weighted by Gasteiger charge is 2.27. The first-order chi connectivity index (χ1) is 21.8. The molecule has 0 aromatic rings. The maximum absolute atomic E-state index is 11.9. The Hall–Kier alpha value is -2.78. The van der Waals surface area contributed by atoms with Gasteiger partial charge in [-0.1, -0.05) is 0 Å². The summed E-state index contributed by atoms with van der Waals surface area (Å²) in [6, 6.07) is 0. The van der Waals surface area contributed by atoms with Gasteiger partial charge in [-0.2, -0.15) is 16.8 Å². The van der Waals surface area contributed by atoms with Crippen LogP contribution in [-0.2, 0) is 47.7 Å². The van der Waals surface area contributed by atoms with Crippen molar-refractivity contribution in [3.8, 4) is 0 Å². The molecule has 2 saturated heterocycles. The molecule has 0 saturated carbocycles. The number of hydrogen-bond acceptors (Lipinski definition) is 14. The van der Waals surface area contributed by atoms with Crippen molar-refractivity contribution in [2.45, 2.75) is 65.6 Å². The molecular weight excluding hydrogens is 680 g/mol. The van der Waals surface area contributed by atoms with Crippen LogP contribution in [0.15, 0.2) is 0 Å². The normalized spacial score (nSPS) is 16.5. The van der Waals surface area contributed by atoms with Crippen LogP contribution in [-0.4, -0.2) is 173 Å². The molecule has 18 nitrogen and oxygen atoms in total. The van der Waals surface area contributed by atoms with Crippen molar-refractivity contribution in [2.75, 3.05) is 91.2 Å². The number of piperazine rings is 2. The summed E-state index contributed by atoms with van der Waals surface area (Å²) in [5.74, 6) is -3.65. The van der Waals surface area contributed by atoms with E-state index in [2.05, 4.69) is 9.80 Å². The van der Waals surface area contributed by atoms with E-state index in [1.54, 1.807) is 9.80 Å². The third-order valence-electron chi connectivity index (χ3n) is 6.06. The molecule has 0 spiro atoms. The van der Waals surface area contributed by atoms with Gasteiger partial charge >= 0.3 is 24.1 Å². The fourth-order valence-electron chi connectivity index (χ4n) is 3.96. The SMILES string of the molecule is CC(C)(C)OC(=O)N1CCN(CCCOS(C)(=O)=O)CC1.CC(C)(C)OC(=O)N1CCN(CCCOS(C)(=O)=O)CC1.O=C(O)C(=O)O. The maximum atomic E-state index is 11.9. The molecule has 0 aromatic heterocycles. The van der Waals surface area contributed by atoms with Gasteiger partial charge in [-0.05, 0) is 54.4 Å². The third-order valence-corrected chi connectivity index (χ3v) is 7.25. The quantitative estimate of drug-likeness (QED) is 0.181. The highest BCUT2D eigenvalue weighted by atomic mass is 32.2. The van der Waals surface area contributed by atoms with Crippen LogP contribution in [0, 0.1) is 0 Å². The lowest BCUT2D eigenvalue weighted by atomic mass is 10.2. The molecule has 0 aliphatic carbocycles. The van der Waals surface area contributed by atoms with Crippen LogP contribution in [0.25, 0.3) is 0 Å². The smallest absolute Gasteiger partial charge is 0.414 e. The summed E-state index contributed by atoms with van der Waals surface area (Å²) in [6.45, 7) is 18.6. The molecule has 2 heterocycles. The number of amides is 2. The Morgan fingerprint density at radius 3 is 1.04 bits per heavy atom. The minimum absolute atomic E-state index is 0.200. The molecule has 2 fully saturated rings. The zero-order chi connectivity index (χ0) is 37.3. The minimum Gasteiger partial charge on any atom is -0.473 e. The van der Waals surface area contributed by atoms with E-state index in [4.69, 9.17) is 37.6 Å². The second kappa shape index (κ2) is 20.7. The fraction of sp³-hybridized carbons (Fsp3) is 0.857. The van der Waals surface area contributed by atoms with Crippen molar-refractivity contribution >= 4 is 44.4 Å². The summed E-state index contributed by atoms with van der Waals surface area (Å²) in [4.78, 5) is 49.8. The van der Waals surface area contributed by atoms with E-state index >= 15 is 0 Å². The van der Waals surface area contributed by atoms with Gasteiger partial charge in [-0.3, -0.25) is 18.2 Å². The molecule has 282 valence electrons. The molecule has 2 aliphatic heterocycles. The maximum Gasteiger partial charge on any atom is 0.414 e. The van der Waals surface area contributed by atoms with Crippen LogP contribution in [0.3, 0.4) is 0 Å². The zero-order valence-electron chi connectivity index (χ0n) is 29.3. The second-order valence-electron chi connectivity index (χ2n) is 13.0. The van der Waals surface area contributed by atoms with Gasteiger partial charge in [0.15, 0.2) is 0 Å². The molecular formula is C28H54N4O14S2. The monoisotopic (exact) mass is 734 g/mol. The van der Waals surface area contributed by atoms with Gasteiger partial charge in [0.1, 0.15) is 11.2 Å². The topological polar surface area (TPSA) is 227 Å². The van der Waals surface area contributed by atoms with Gasteiger partial charge in [-0.15, -0.1) is 0 Å². The highest BCUT2D eigenvalue weighted by Crippen LogP contribution is 2.13. The van der Waals surface area contributed by atoms with Crippen molar-refractivity contribution in [1.82, 2.24) is 19.6 Å². The Balaban J connectivity index is 0.000000787. The Morgan fingerprint density at radius 1 is 0.562 bits per heavy atom. The molecule has 0 bridgehead atoms. The Kier molecular flexibility index (Phi) is 19.5. The number of carbonyl (C=O) groups excluding carboxylic acids is 2. The number of rotatable bonds is 10. The van der Waals surface area contributed by atoms with Crippen molar-refractivity contribution in [3.63, 3.8) is 0 Å². The van der Waals surface area contributed by atoms with E-state index in [1.165, 1.54) is 0 Å². The summed E-state index contributed by atoms with van der Waals surface area (Å²) >= 11 is 0. The van der Waals surface area contributed by atoms with Gasteiger partial charge in [-0.25, -0.2) is 19.2 Å². The summed E-state index contributed by atoms with van der Waals surface area (Å²) in [5, 5.41) is 14.8. The van der Waals surface area contributed by atoms with Crippen LogP contribution < -0.4 is 0 Å². The molecule has 0 unspecified atom stereocenters. The summed E-state index contributed by atoms with van der Waals surface area (Å²) in [7, 11) is -6.70.